The van der Waals surface area contributed by atoms with Crippen LogP contribution in [-0.4, -0.2) is 35.3 Å². The Morgan fingerprint density at radius 3 is 2.67 bits per heavy atom. The number of carbonyl (C=O) groups excluding carboxylic acids is 2. The Labute approximate surface area is 90.3 Å². The quantitative estimate of drug-likeness (QED) is 0.697. The molecule has 1 fully saturated rings. The highest BCUT2D eigenvalue weighted by Gasteiger charge is 2.36. The molecule has 2 amide bonds. The van der Waals surface area contributed by atoms with Gasteiger partial charge >= 0.3 is 0 Å². The fourth-order valence-corrected chi connectivity index (χ4v) is 1.76. The molecule has 0 aromatic rings. The van der Waals surface area contributed by atoms with Gasteiger partial charge in [-0.15, -0.1) is 0 Å². The molecule has 84 valence electrons. The highest BCUT2D eigenvalue weighted by molar-refractivity contribution is 5.96. The minimum atomic E-state index is -0.398. The van der Waals surface area contributed by atoms with Crippen molar-refractivity contribution in [1.82, 2.24) is 10.2 Å². The van der Waals surface area contributed by atoms with Gasteiger partial charge in [-0.3, -0.25) is 9.59 Å². The second-order valence-electron chi connectivity index (χ2n) is 3.71. The van der Waals surface area contributed by atoms with Crippen molar-refractivity contribution >= 4 is 11.8 Å². The molecule has 15 heavy (non-hydrogen) atoms. The van der Waals surface area contributed by atoms with Crippen LogP contribution in [0.1, 0.15) is 27.2 Å². The lowest BCUT2D eigenvalue weighted by atomic mass is 10.1. The largest absolute Gasteiger partial charge is 0.343 e. The second-order valence-corrected chi connectivity index (χ2v) is 3.71. The molecule has 0 aromatic heterocycles. The lowest BCUT2D eigenvalue weighted by Crippen LogP contribution is -2.62. The average Bonchev–Trinajstić information content (AvgIpc) is 2.21. The highest BCUT2D eigenvalue weighted by atomic mass is 16.2. The molecule has 0 aliphatic carbocycles. The molecule has 0 spiro atoms. The summed E-state index contributed by atoms with van der Waals surface area (Å²) in [6, 6.07) is -0.713. The van der Waals surface area contributed by atoms with Gasteiger partial charge in [0.15, 0.2) is 0 Å². The van der Waals surface area contributed by atoms with Crippen molar-refractivity contribution in [3.05, 3.63) is 12.2 Å². The van der Waals surface area contributed by atoms with E-state index >= 15 is 0 Å². The van der Waals surface area contributed by atoms with Crippen LogP contribution >= 0.6 is 0 Å². The maximum atomic E-state index is 11.8. The zero-order chi connectivity index (χ0) is 11.4. The molecule has 1 aliphatic rings. The minimum Gasteiger partial charge on any atom is -0.343 e. The van der Waals surface area contributed by atoms with Crippen LogP contribution in [0.2, 0.25) is 0 Å². The van der Waals surface area contributed by atoms with Gasteiger partial charge in [-0.25, -0.2) is 0 Å². The van der Waals surface area contributed by atoms with Crippen LogP contribution in [0.25, 0.3) is 0 Å². The van der Waals surface area contributed by atoms with Crippen LogP contribution < -0.4 is 5.32 Å². The van der Waals surface area contributed by atoms with Crippen molar-refractivity contribution in [1.29, 1.82) is 0 Å². The van der Waals surface area contributed by atoms with Gasteiger partial charge in [-0.05, 0) is 20.3 Å². The van der Waals surface area contributed by atoms with Crippen LogP contribution in [0.15, 0.2) is 12.2 Å². The molecule has 0 aromatic carbocycles. The molecule has 1 heterocycles. The van der Waals surface area contributed by atoms with Crippen molar-refractivity contribution in [2.45, 2.75) is 39.3 Å². The number of nitrogens with one attached hydrogen (secondary N) is 1. The predicted octanol–water partition coefficient (Wildman–Crippen LogP) is 0.688. The summed E-state index contributed by atoms with van der Waals surface area (Å²) < 4.78 is 0. The fraction of sp³-hybridized carbons (Fsp3) is 0.636. The Hall–Kier alpha value is -1.32. The third-order valence-electron chi connectivity index (χ3n) is 2.62. The molecule has 4 heteroatoms. The second kappa shape index (κ2) is 4.96. The number of nitrogens with zero attached hydrogens (tertiary/aromatic N) is 1. The number of hydrogen-bond acceptors (Lipinski definition) is 2. The molecule has 2 atom stereocenters. The summed E-state index contributed by atoms with van der Waals surface area (Å²) in [4.78, 5) is 25.1. The van der Waals surface area contributed by atoms with Gasteiger partial charge < -0.3 is 10.2 Å². The molecule has 1 saturated heterocycles. The molecule has 2 unspecified atom stereocenters. The van der Waals surface area contributed by atoms with Crippen molar-refractivity contribution in [3.8, 4) is 0 Å². The molecular formula is C11H18N2O2. The van der Waals surface area contributed by atoms with Crippen LogP contribution in [-0.2, 0) is 9.59 Å². The molecule has 0 radical (unpaired) electrons. The normalized spacial score (nSPS) is 27.3. The standard InChI is InChI=1S/C11H18N2O2/c1-4-6-7-13-9(5-2)10(14)12-8(3)11(13)15/h4,6,8-9H,5,7H2,1-3H3,(H,12,14)/b6-4+. The van der Waals surface area contributed by atoms with Crippen LogP contribution in [0.3, 0.4) is 0 Å². The SMILES string of the molecule is C/C=C/CN1C(=O)C(C)NC(=O)C1CC. The Morgan fingerprint density at radius 2 is 2.13 bits per heavy atom. The van der Waals surface area contributed by atoms with Crippen molar-refractivity contribution in [3.63, 3.8) is 0 Å². The fourth-order valence-electron chi connectivity index (χ4n) is 1.76. The van der Waals surface area contributed by atoms with Crippen molar-refractivity contribution in [2.24, 2.45) is 0 Å². The number of carbonyl (C=O) groups is 2. The molecule has 1 N–H and O–H groups in total. The van der Waals surface area contributed by atoms with Gasteiger partial charge in [-0.1, -0.05) is 19.1 Å². The van der Waals surface area contributed by atoms with Gasteiger partial charge in [0.25, 0.3) is 0 Å². The maximum absolute atomic E-state index is 11.8. The van der Waals surface area contributed by atoms with E-state index in [1.54, 1.807) is 11.8 Å². The maximum Gasteiger partial charge on any atom is 0.245 e. The molecule has 0 saturated carbocycles. The first-order valence-electron chi connectivity index (χ1n) is 5.33. The van der Waals surface area contributed by atoms with Gasteiger partial charge in [0.2, 0.25) is 11.8 Å². The van der Waals surface area contributed by atoms with E-state index < -0.39 is 6.04 Å². The third kappa shape index (κ3) is 2.37. The molecular weight excluding hydrogens is 192 g/mol. The predicted molar refractivity (Wildman–Crippen MR) is 58.2 cm³/mol. The first kappa shape index (κ1) is 11.8. The minimum absolute atomic E-state index is 0.000417. The lowest BCUT2D eigenvalue weighted by Gasteiger charge is -2.36. The summed E-state index contributed by atoms with van der Waals surface area (Å²) in [6.07, 6.45) is 4.44. The zero-order valence-corrected chi connectivity index (χ0v) is 9.49. The van der Waals surface area contributed by atoms with Crippen molar-refractivity contribution in [2.75, 3.05) is 6.54 Å². The summed E-state index contributed by atoms with van der Waals surface area (Å²) in [5.74, 6) is -0.0475. The van der Waals surface area contributed by atoms with E-state index in [-0.39, 0.29) is 17.9 Å². The molecule has 1 aliphatic heterocycles. The summed E-state index contributed by atoms with van der Waals surface area (Å²) in [5, 5.41) is 2.68. The van der Waals surface area contributed by atoms with E-state index in [1.807, 2.05) is 26.0 Å². The van der Waals surface area contributed by atoms with E-state index in [1.165, 1.54) is 0 Å². The number of amides is 2. The van der Waals surface area contributed by atoms with Crippen LogP contribution in [0, 0.1) is 0 Å². The Morgan fingerprint density at radius 1 is 1.47 bits per heavy atom. The topological polar surface area (TPSA) is 49.4 Å². The average molecular weight is 210 g/mol. The summed E-state index contributed by atoms with van der Waals surface area (Å²) in [6.45, 7) is 6.05. The molecule has 0 bridgehead atoms. The molecule has 4 nitrogen and oxygen atoms in total. The Bertz CT molecular complexity index is 286. The Balaban J connectivity index is 2.83. The molecule has 1 rings (SSSR count). The van der Waals surface area contributed by atoms with Gasteiger partial charge in [0, 0.05) is 6.54 Å². The lowest BCUT2D eigenvalue weighted by molar-refractivity contribution is -0.148. The van der Waals surface area contributed by atoms with E-state index in [0.29, 0.717) is 13.0 Å². The van der Waals surface area contributed by atoms with E-state index in [2.05, 4.69) is 5.32 Å². The smallest absolute Gasteiger partial charge is 0.245 e. The Kier molecular flexibility index (Phi) is 3.88. The number of hydrogen-bond donors (Lipinski definition) is 1. The van der Waals surface area contributed by atoms with E-state index in [4.69, 9.17) is 0 Å². The van der Waals surface area contributed by atoms with Crippen molar-refractivity contribution < 1.29 is 9.59 Å². The number of allylic oxidation sites excluding steroid dienone is 1. The van der Waals surface area contributed by atoms with Crippen LogP contribution in [0.5, 0.6) is 0 Å². The summed E-state index contributed by atoms with van der Waals surface area (Å²) >= 11 is 0. The van der Waals surface area contributed by atoms with Gasteiger partial charge in [-0.2, -0.15) is 0 Å². The van der Waals surface area contributed by atoms with Crippen LogP contribution in [0.4, 0.5) is 0 Å². The summed E-state index contributed by atoms with van der Waals surface area (Å²) in [7, 11) is 0. The third-order valence-corrected chi connectivity index (χ3v) is 2.62. The zero-order valence-electron chi connectivity index (χ0n) is 9.49. The summed E-state index contributed by atoms with van der Waals surface area (Å²) in [5.41, 5.74) is 0. The highest BCUT2D eigenvalue weighted by Crippen LogP contribution is 2.12. The first-order valence-corrected chi connectivity index (χ1v) is 5.33. The van der Waals surface area contributed by atoms with E-state index in [0.717, 1.165) is 0 Å². The van der Waals surface area contributed by atoms with Gasteiger partial charge in [0.05, 0.1) is 0 Å². The van der Waals surface area contributed by atoms with Gasteiger partial charge in [0.1, 0.15) is 12.1 Å². The number of rotatable bonds is 3. The first-order chi connectivity index (χ1) is 7.11. The monoisotopic (exact) mass is 210 g/mol. The number of piperazine rings is 1. The van der Waals surface area contributed by atoms with E-state index in [9.17, 15) is 9.59 Å².